The summed E-state index contributed by atoms with van der Waals surface area (Å²) >= 11 is 0. The number of fused-ring (bicyclic) bond motifs is 5. The molecule has 7 nitrogen and oxygen atoms in total. The molecule has 8 atom stereocenters. The lowest BCUT2D eigenvalue weighted by molar-refractivity contribution is -0.148. The molecule has 0 radical (unpaired) electrons. The molecule has 0 aliphatic heterocycles. The van der Waals surface area contributed by atoms with Crippen molar-refractivity contribution in [3.8, 4) is 0 Å². The number of alkyl carbamates (subject to hydrolysis) is 1. The number of hydrogen-bond donors (Lipinski definition) is 2. The lowest BCUT2D eigenvalue weighted by atomic mass is 9.47. The Kier molecular flexibility index (Phi) is 16.0. The smallest absolute Gasteiger partial charge is 0.407 e. The van der Waals surface area contributed by atoms with Crippen LogP contribution in [-0.2, 0) is 19.1 Å². The zero-order valence-corrected chi connectivity index (χ0v) is 35.0. The number of carbonyl (C=O) groups is 3. The fourth-order valence-corrected chi connectivity index (χ4v) is 12.2. The minimum atomic E-state index is -0.485. The van der Waals surface area contributed by atoms with Gasteiger partial charge in [0.1, 0.15) is 17.5 Å². The van der Waals surface area contributed by atoms with Gasteiger partial charge in [-0.05, 0) is 125 Å². The molecular formula is C42H72N2O5S2. The highest BCUT2D eigenvalue weighted by molar-refractivity contribution is 8.77. The second-order valence-electron chi connectivity index (χ2n) is 18.4. The Morgan fingerprint density at radius 3 is 2.27 bits per heavy atom. The number of ether oxygens (including phenoxy) is 2. The number of amides is 2. The highest BCUT2D eigenvalue weighted by atomic mass is 33.1. The van der Waals surface area contributed by atoms with E-state index < -0.39 is 5.60 Å². The molecule has 51 heavy (non-hydrogen) atoms. The Bertz CT molecular complexity index is 1190. The average molecular weight is 749 g/mol. The van der Waals surface area contributed by atoms with Gasteiger partial charge in [0.15, 0.2) is 0 Å². The van der Waals surface area contributed by atoms with E-state index in [-0.39, 0.29) is 35.2 Å². The molecule has 3 fully saturated rings. The molecule has 0 aromatic heterocycles. The van der Waals surface area contributed by atoms with Crippen molar-refractivity contribution in [2.24, 2.45) is 46.3 Å². The van der Waals surface area contributed by atoms with Crippen LogP contribution in [0.4, 0.5) is 4.79 Å². The molecule has 4 rings (SSSR count). The molecule has 0 saturated heterocycles. The zero-order chi connectivity index (χ0) is 37.2. The first kappa shape index (κ1) is 42.4. The van der Waals surface area contributed by atoms with Gasteiger partial charge in [0.25, 0.3) is 0 Å². The maximum absolute atomic E-state index is 12.8. The highest BCUT2D eigenvalue weighted by Crippen LogP contribution is 2.67. The molecule has 3 saturated carbocycles. The summed E-state index contributed by atoms with van der Waals surface area (Å²) < 4.78 is 11.2. The normalized spacial score (nSPS) is 30.8. The van der Waals surface area contributed by atoms with Crippen molar-refractivity contribution >= 4 is 39.6 Å². The van der Waals surface area contributed by atoms with Gasteiger partial charge in [-0.3, -0.25) is 9.59 Å². The van der Waals surface area contributed by atoms with Crippen LogP contribution in [0, 0.1) is 46.3 Å². The number of nitrogens with one attached hydrogen (secondary N) is 2. The second-order valence-corrected chi connectivity index (χ2v) is 20.8. The summed E-state index contributed by atoms with van der Waals surface area (Å²) in [6.45, 7) is 19.3. The lowest BCUT2D eigenvalue weighted by Crippen LogP contribution is -2.51. The summed E-state index contributed by atoms with van der Waals surface area (Å²) in [5.74, 6) is 5.42. The maximum atomic E-state index is 12.8. The van der Waals surface area contributed by atoms with E-state index >= 15 is 0 Å². The molecule has 0 aromatic carbocycles. The minimum Gasteiger partial charge on any atom is -0.461 e. The van der Waals surface area contributed by atoms with Gasteiger partial charge in [-0.15, -0.1) is 0 Å². The summed E-state index contributed by atoms with van der Waals surface area (Å²) in [7, 11) is 2.83. The number of hydrogen-bond acceptors (Lipinski definition) is 7. The summed E-state index contributed by atoms with van der Waals surface area (Å²) in [6, 6.07) is 0. The molecule has 2 amide bonds. The third-order valence-corrected chi connectivity index (χ3v) is 15.2. The van der Waals surface area contributed by atoms with Gasteiger partial charge < -0.3 is 20.1 Å². The molecular weight excluding hydrogens is 677 g/mol. The SMILES string of the molecule is CC(C)CCC[C@@H](C)C1CCC2[C@@H]3CC=C4C[C@@H](OC(=O)CSSCC(=O)NCCCCCCNC(=O)OC(C)(C)C)CC[C@]4(C)C3CC[C@@]21C. The predicted molar refractivity (Wildman–Crippen MR) is 214 cm³/mol. The molecule has 292 valence electrons. The molecule has 0 bridgehead atoms. The fraction of sp³-hybridized carbons (Fsp3) is 0.881. The molecule has 4 aliphatic rings. The fourth-order valence-electron chi connectivity index (χ4n) is 10.5. The van der Waals surface area contributed by atoms with Crippen LogP contribution in [-0.4, -0.2) is 54.3 Å². The first-order chi connectivity index (χ1) is 24.1. The molecule has 2 N–H and O–H groups in total. The van der Waals surface area contributed by atoms with Gasteiger partial charge in [-0.2, -0.15) is 0 Å². The van der Waals surface area contributed by atoms with Crippen molar-refractivity contribution in [1.82, 2.24) is 10.6 Å². The van der Waals surface area contributed by atoms with Gasteiger partial charge in [-0.25, -0.2) is 4.79 Å². The number of carbonyl (C=O) groups excluding carboxylic acids is 3. The minimum absolute atomic E-state index is 0.00568. The topological polar surface area (TPSA) is 93.7 Å². The third-order valence-electron chi connectivity index (χ3n) is 13.1. The van der Waals surface area contributed by atoms with E-state index in [0.717, 1.165) is 80.5 Å². The zero-order valence-electron chi connectivity index (χ0n) is 33.4. The van der Waals surface area contributed by atoms with E-state index in [4.69, 9.17) is 9.47 Å². The van der Waals surface area contributed by atoms with Gasteiger partial charge in [0.2, 0.25) is 5.91 Å². The van der Waals surface area contributed by atoms with E-state index in [1.165, 1.54) is 73.0 Å². The molecule has 4 aliphatic carbocycles. The summed E-state index contributed by atoms with van der Waals surface area (Å²) in [5.41, 5.74) is 1.84. The second kappa shape index (κ2) is 19.3. The molecule has 0 heterocycles. The number of rotatable bonds is 18. The Morgan fingerprint density at radius 2 is 1.57 bits per heavy atom. The van der Waals surface area contributed by atoms with Crippen molar-refractivity contribution in [2.75, 3.05) is 24.6 Å². The van der Waals surface area contributed by atoms with Crippen LogP contribution in [0.3, 0.4) is 0 Å². The molecule has 0 spiro atoms. The summed E-state index contributed by atoms with van der Waals surface area (Å²) in [5, 5.41) is 5.74. The standard InChI is InChI=1S/C42H72N2O5S2/c1-29(2)14-13-15-30(3)34-18-19-35-33-17-16-31-26-32(20-22-41(31,7)36(33)21-23-42(34,35)8)48-38(46)28-51-50-27-37(45)43-24-11-9-10-12-25-44-39(47)49-40(4,5)6/h16,29-30,32-36H,9-15,17-28H2,1-8H3,(H,43,45)(H,44,47)/t30-,32+,33+,34?,35?,36?,41+,42-/m1/s1. The van der Waals surface area contributed by atoms with Crippen LogP contribution in [0.25, 0.3) is 0 Å². The highest BCUT2D eigenvalue weighted by Gasteiger charge is 2.59. The monoisotopic (exact) mass is 748 g/mol. The number of unbranched alkanes of at least 4 members (excludes halogenated alkanes) is 3. The van der Waals surface area contributed by atoms with Crippen LogP contribution < -0.4 is 10.6 Å². The van der Waals surface area contributed by atoms with Crippen molar-refractivity contribution in [3.63, 3.8) is 0 Å². The molecule has 0 aromatic rings. The van der Waals surface area contributed by atoms with E-state index in [1.807, 2.05) is 20.8 Å². The van der Waals surface area contributed by atoms with E-state index in [2.05, 4.69) is 51.3 Å². The summed E-state index contributed by atoms with van der Waals surface area (Å²) in [4.78, 5) is 36.7. The largest absolute Gasteiger partial charge is 0.461 e. The van der Waals surface area contributed by atoms with Gasteiger partial charge >= 0.3 is 12.1 Å². The first-order valence-electron chi connectivity index (χ1n) is 20.5. The Hall–Kier alpha value is -1.35. The van der Waals surface area contributed by atoms with Crippen LogP contribution in [0.1, 0.15) is 152 Å². The van der Waals surface area contributed by atoms with E-state index in [9.17, 15) is 14.4 Å². The Balaban J connectivity index is 1.09. The van der Waals surface area contributed by atoms with Gasteiger partial charge in [0.05, 0.1) is 5.75 Å². The van der Waals surface area contributed by atoms with Crippen LogP contribution in [0.2, 0.25) is 0 Å². The first-order valence-corrected chi connectivity index (χ1v) is 23.0. The van der Waals surface area contributed by atoms with Crippen LogP contribution >= 0.6 is 21.6 Å². The van der Waals surface area contributed by atoms with Gasteiger partial charge in [-0.1, -0.05) is 100.0 Å². The number of esters is 1. The Morgan fingerprint density at radius 1 is 0.863 bits per heavy atom. The van der Waals surface area contributed by atoms with E-state index in [1.54, 1.807) is 5.57 Å². The number of allylic oxidation sites excluding steroid dienone is 1. The maximum Gasteiger partial charge on any atom is 0.407 e. The predicted octanol–water partition coefficient (Wildman–Crippen LogP) is 10.5. The van der Waals surface area contributed by atoms with Gasteiger partial charge in [0, 0.05) is 19.5 Å². The molecule has 3 unspecified atom stereocenters. The Labute approximate surface area is 318 Å². The average Bonchev–Trinajstić information content (AvgIpc) is 3.41. The van der Waals surface area contributed by atoms with Crippen LogP contribution in [0.5, 0.6) is 0 Å². The van der Waals surface area contributed by atoms with Crippen molar-refractivity contribution in [1.29, 1.82) is 0 Å². The van der Waals surface area contributed by atoms with E-state index in [0.29, 0.717) is 24.3 Å². The lowest BCUT2D eigenvalue weighted by Gasteiger charge is -2.58. The van der Waals surface area contributed by atoms with Crippen molar-refractivity contribution in [3.05, 3.63) is 11.6 Å². The van der Waals surface area contributed by atoms with Crippen LogP contribution in [0.15, 0.2) is 11.6 Å². The van der Waals surface area contributed by atoms with Crippen molar-refractivity contribution < 1.29 is 23.9 Å². The quantitative estimate of drug-likeness (QED) is 0.0624. The summed E-state index contributed by atoms with van der Waals surface area (Å²) in [6.07, 6.45) is 19.9. The molecule has 9 heteroatoms. The third kappa shape index (κ3) is 12.1. The van der Waals surface area contributed by atoms with Crippen molar-refractivity contribution in [2.45, 2.75) is 163 Å².